The Hall–Kier alpha value is -1.63. The van der Waals surface area contributed by atoms with Crippen LogP contribution in [0.3, 0.4) is 0 Å². The zero-order chi connectivity index (χ0) is 24.7. The standard InChI is InChI=1S/C29H42NO5.ClH/c1-30(2,20-35-26(31)28-17-21-14-22(18-28)16-23(15-21)19-28)12-13-34-27(32)29(33,25-10-6-7-11-25)24-8-4-3-5-9-24;/h3-5,8-9,21-23,25,33H,6-7,10-20H2,1-2H3;1H/q+1;/p-1. The molecule has 0 heterocycles. The van der Waals surface area contributed by atoms with E-state index in [1.807, 2.05) is 44.4 Å². The molecule has 1 atom stereocenters. The van der Waals surface area contributed by atoms with E-state index < -0.39 is 11.6 Å². The molecule has 1 aromatic rings. The number of carbonyl (C=O) groups is 2. The van der Waals surface area contributed by atoms with Gasteiger partial charge >= 0.3 is 11.9 Å². The van der Waals surface area contributed by atoms with Crippen molar-refractivity contribution < 1.29 is 41.1 Å². The van der Waals surface area contributed by atoms with Crippen LogP contribution < -0.4 is 12.4 Å². The van der Waals surface area contributed by atoms with E-state index in [4.69, 9.17) is 9.47 Å². The summed E-state index contributed by atoms with van der Waals surface area (Å²) in [6.45, 7) is 0.946. The summed E-state index contributed by atoms with van der Waals surface area (Å²) in [5.74, 6) is 1.42. The number of hydrogen-bond donors (Lipinski definition) is 1. The Bertz CT molecular complexity index is 894. The van der Waals surface area contributed by atoms with Gasteiger partial charge in [-0.3, -0.25) is 9.28 Å². The SMILES string of the molecule is C[N+](C)(CCOC(=O)C(O)(c1ccccc1)C1CCCC1)COC(=O)C12CC3CC(CC(C3)C1)C2.[Cl-]. The number of hydrogen-bond acceptors (Lipinski definition) is 5. The molecule has 0 radical (unpaired) electrons. The van der Waals surface area contributed by atoms with Crippen LogP contribution in [0.25, 0.3) is 0 Å². The van der Waals surface area contributed by atoms with E-state index in [0.29, 0.717) is 34.3 Å². The van der Waals surface area contributed by atoms with Crippen LogP contribution in [-0.2, 0) is 24.7 Å². The number of likely N-dealkylation sites (N-methyl/N-ethyl adjacent to an activating group) is 1. The van der Waals surface area contributed by atoms with E-state index in [2.05, 4.69) is 0 Å². The maximum Gasteiger partial charge on any atom is 0.343 e. The zero-order valence-electron chi connectivity index (χ0n) is 21.8. The molecule has 0 spiro atoms. The summed E-state index contributed by atoms with van der Waals surface area (Å²) in [7, 11) is 3.97. The molecule has 5 aliphatic rings. The average Bonchev–Trinajstić information content (AvgIpc) is 3.37. The van der Waals surface area contributed by atoms with Crippen molar-refractivity contribution in [3.05, 3.63) is 35.9 Å². The van der Waals surface area contributed by atoms with Crippen molar-refractivity contribution in [1.29, 1.82) is 0 Å². The Morgan fingerprint density at radius 2 is 1.53 bits per heavy atom. The third-order valence-corrected chi connectivity index (χ3v) is 9.42. The molecular formula is C29H42ClNO5. The van der Waals surface area contributed by atoms with Gasteiger partial charge in [-0.2, -0.15) is 0 Å². The molecule has 5 saturated carbocycles. The lowest BCUT2D eigenvalue weighted by Crippen LogP contribution is -3.00. The number of aliphatic hydroxyl groups is 1. The lowest BCUT2D eigenvalue weighted by molar-refractivity contribution is -0.907. The van der Waals surface area contributed by atoms with Gasteiger partial charge in [-0.1, -0.05) is 43.2 Å². The fourth-order valence-corrected chi connectivity index (χ4v) is 7.86. The number of ether oxygens (including phenoxy) is 2. The summed E-state index contributed by atoms with van der Waals surface area (Å²) in [5, 5.41) is 11.6. The van der Waals surface area contributed by atoms with Crippen LogP contribution in [-0.4, -0.2) is 55.5 Å². The summed E-state index contributed by atoms with van der Waals surface area (Å²) in [4.78, 5) is 26.4. The fraction of sp³-hybridized carbons (Fsp3) is 0.724. The number of quaternary nitrogens is 1. The fourth-order valence-electron chi connectivity index (χ4n) is 7.86. The van der Waals surface area contributed by atoms with Crippen LogP contribution in [0, 0.1) is 29.1 Å². The van der Waals surface area contributed by atoms with Crippen LogP contribution in [0.2, 0.25) is 0 Å². The highest BCUT2D eigenvalue weighted by atomic mass is 35.5. The molecule has 0 aliphatic heterocycles. The number of esters is 2. The van der Waals surface area contributed by atoms with Crippen LogP contribution in [0.5, 0.6) is 0 Å². The van der Waals surface area contributed by atoms with Gasteiger partial charge in [-0.15, -0.1) is 0 Å². The van der Waals surface area contributed by atoms with Gasteiger partial charge in [-0.25, -0.2) is 4.79 Å². The van der Waals surface area contributed by atoms with Crippen LogP contribution >= 0.6 is 0 Å². The number of carbonyl (C=O) groups excluding carboxylic acids is 2. The molecule has 7 heteroatoms. The lowest BCUT2D eigenvalue weighted by atomic mass is 9.49. The molecule has 36 heavy (non-hydrogen) atoms. The minimum atomic E-state index is -1.61. The molecule has 5 aliphatic carbocycles. The lowest BCUT2D eigenvalue weighted by Gasteiger charge is -2.55. The predicted molar refractivity (Wildman–Crippen MR) is 132 cm³/mol. The molecule has 1 N–H and O–H groups in total. The van der Waals surface area contributed by atoms with E-state index in [1.54, 1.807) is 0 Å². The van der Waals surface area contributed by atoms with E-state index >= 15 is 0 Å². The molecular weight excluding hydrogens is 478 g/mol. The maximum absolute atomic E-state index is 13.2. The average molecular weight is 520 g/mol. The smallest absolute Gasteiger partial charge is 0.343 e. The van der Waals surface area contributed by atoms with Gasteiger partial charge in [0.25, 0.3) is 0 Å². The van der Waals surface area contributed by atoms with E-state index in [9.17, 15) is 14.7 Å². The highest BCUT2D eigenvalue weighted by Gasteiger charge is 2.55. The summed E-state index contributed by atoms with van der Waals surface area (Å²) in [6.07, 6.45) is 10.6. The molecule has 0 amide bonds. The van der Waals surface area contributed by atoms with Gasteiger partial charge in [0.2, 0.25) is 6.73 Å². The minimum absolute atomic E-state index is 0. The van der Waals surface area contributed by atoms with Crippen molar-refractivity contribution in [2.24, 2.45) is 29.1 Å². The van der Waals surface area contributed by atoms with Crippen molar-refractivity contribution in [3.8, 4) is 0 Å². The first-order chi connectivity index (χ1) is 16.7. The van der Waals surface area contributed by atoms with Gasteiger partial charge in [0.15, 0.2) is 5.60 Å². The van der Waals surface area contributed by atoms with Gasteiger partial charge < -0.3 is 27.0 Å². The van der Waals surface area contributed by atoms with E-state index in [0.717, 1.165) is 44.9 Å². The van der Waals surface area contributed by atoms with Crippen LogP contribution in [0.15, 0.2) is 30.3 Å². The molecule has 4 bridgehead atoms. The summed E-state index contributed by atoms with van der Waals surface area (Å²) < 4.78 is 12.0. The molecule has 5 fully saturated rings. The molecule has 0 saturated heterocycles. The number of nitrogens with zero attached hydrogens (tertiary/aromatic N) is 1. The molecule has 200 valence electrons. The predicted octanol–water partition coefficient (Wildman–Crippen LogP) is 1.41. The second-order valence-corrected chi connectivity index (χ2v) is 12.7. The monoisotopic (exact) mass is 519 g/mol. The largest absolute Gasteiger partial charge is 1.00 e. The minimum Gasteiger partial charge on any atom is -1.00 e. The first-order valence-corrected chi connectivity index (χ1v) is 13.6. The van der Waals surface area contributed by atoms with Crippen molar-refractivity contribution in [2.75, 3.05) is 34.0 Å². The summed E-state index contributed by atoms with van der Waals surface area (Å²) in [5.41, 5.74) is -1.26. The number of benzene rings is 1. The zero-order valence-corrected chi connectivity index (χ0v) is 22.5. The second-order valence-electron chi connectivity index (χ2n) is 12.7. The molecule has 1 unspecified atom stereocenters. The van der Waals surface area contributed by atoms with Gasteiger partial charge in [-0.05, 0) is 74.7 Å². The maximum atomic E-state index is 13.2. The van der Waals surface area contributed by atoms with Crippen LogP contribution in [0.1, 0.15) is 69.8 Å². The molecule has 1 aromatic carbocycles. The van der Waals surface area contributed by atoms with Gasteiger partial charge in [0.1, 0.15) is 13.2 Å². The molecule has 0 aromatic heterocycles. The van der Waals surface area contributed by atoms with E-state index in [1.165, 1.54) is 19.3 Å². The first-order valence-electron chi connectivity index (χ1n) is 13.6. The Kier molecular flexibility index (Phi) is 8.09. The Labute approximate surface area is 221 Å². The Morgan fingerprint density at radius 3 is 2.08 bits per heavy atom. The molecule has 6 rings (SSSR count). The third-order valence-electron chi connectivity index (χ3n) is 9.42. The van der Waals surface area contributed by atoms with E-state index in [-0.39, 0.29) is 43.0 Å². The highest BCUT2D eigenvalue weighted by Crippen LogP contribution is 2.60. The first kappa shape index (κ1) is 27.4. The van der Waals surface area contributed by atoms with Crippen molar-refractivity contribution in [1.82, 2.24) is 0 Å². The van der Waals surface area contributed by atoms with Gasteiger partial charge in [0.05, 0.1) is 19.5 Å². The Morgan fingerprint density at radius 1 is 0.972 bits per heavy atom. The van der Waals surface area contributed by atoms with Crippen molar-refractivity contribution in [2.45, 2.75) is 69.8 Å². The summed E-state index contributed by atoms with van der Waals surface area (Å²) >= 11 is 0. The second kappa shape index (κ2) is 10.6. The van der Waals surface area contributed by atoms with Crippen molar-refractivity contribution >= 4 is 11.9 Å². The quantitative estimate of drug-likeness (QED) is 0.303. The topological polar surface area (TPSA) is 72.8 Å². The normalized spacial score (nSPS) is 30.9. The number of rotatable bonds is 9. The van der Waals surface area contributed by atoms with Gasteiger partial charge in [0, 0.05) is 5.92 Å². The van der Waals surface area contributed by atoms with Crippen molar-refractivity contribution in [3.63, 3.8) is 0 Å². The number of halogens is 1. The molecule has 6 nitrogen and oxygen atoms in total. The highest BCUT2D eigenvalue weighted by molar-refractivity contribution is 5.81. The summed E-state index contributed by atoms with van der Waals surface area (Å²) in [6, 6.07) is 9.20. The Balaban J connectivity index is 0.00000304. The van der Waals surface area contributed by atoms with Crippen LogP contribution in [0.4, 0.5) is 0 Å². The third kappa shape index (κ3) is 5.32.